The lowest BCUT2D eigenvalue weighted by atomic mass is 10.2. The number of amides is 1. The van der Waals surface area contributed by atoms with Crippen molar-refractivity contribution in [2.45, 2.75) is 11.4 Å². The Labute approximate surface area is 155 Å². The molecule has 2 aromatic carbocycles. The molecular formula is C18H20BrNO3S. The van der Waals surface area contributed by atoms with E-state index in [-0.39, 0.29) is 5.91 Å². The third-order valence-electron chi connectivity index (χ3n) is 3.50. The molecule has 0 aromatic heterocycles. The summed E-state index contributed by atoms with van der Waals surface area (Å²) in [5.74, 6) is 2.04. The SMILES string of the molecule is COc1ccc(SCC(=O)N(C)Cc2cc(Br)ccc2OC)cc1. The highest BCUT2D eigenvalue weighted by atomic mass is 79.9. The zero-order valence-electron chi connectivity index (χ0n) is 13.9. The third-order valence-corrected chi connectivity index (χ3v) is 4.99. The van der Waals surface area contributed by atoms with Gasteiger partial charge in [0.2, 0.25) is 5.91 Å². The van der Waals surface area contributed by atoms with Crippen molar-refractivity contribution in [3.8, 4) is 11.5 Å². The molecule has 0 saturated carbocycles. The normalized spacial score (nSPS) is 10.3. The number of rotatable bonds is 7. The molecule has 0 radical (unpaired) electrons. The predicted octanol–water partition coefficient (Wildman–Crippen LogP) is 4.22. The van der Waals surface area contributed by atoms with E-state index in [1.807, 2.05) is 42.5 Å². The standard InChI is InChI=1S/C18H20BrNO3S/c1-20(11-13-10-14(19)4-9-17(13)23-3)18(21)12-24-16-7-5-15(22-2)6-8-16/h4-10H,11-12H2,1-3H3. The predicted molar refractivity (Wildman–Crippen MR) is 101 cm³/mol. The summed E-state index contributed by atoms with van der Waals surface area (Å²) in [5.41, 5.74) is 0.970. The summed E-state index contributed by atoms with van der Waals surface area (Å²) in [6.07, 6.45) is 0. The Balaban J connectivity index is 1.93. The number of thioether (sulfide) groups is 1. The number of benzene rings is 2. The van der Waals surface area contributed by atoms with Crippen LogP contribution in [0.15, 0.2) is 51.8 Å². The van der Waals surface area contributed by atoms with Crippen molar-refractivity contribution in [2.75, 3.05) is 27.0 Å². The van der Waals surface area contributed by atoms with Gasteiger partial charge in [0, 0.05) is 28.5 Å². The molecule has 0 aliphatic rings. The molecule has 0 N–H and O–H groups in total. The van der Waals surface area contributed by atoms with Crippen molar-refractivity contribution in [3.05, 3.63) is 52.5 Å². The molecule has 0 saturated heterocycles. The van der Waals surface area contributed by atoms with Gasteiger partial charge in [-0.05, 0) is 42.5 Å². The van der Waals surface area contributed by atoms with Crippen LogP contribution in [0.3, 0.4) is 0 Å². The van der Waals surface area contributed by atoms with Crippen LogP contribution < -0.4 is 9.47 Å². The summed E-state index contributed by atoms with van der Waals surface area (Å²) in [7, 11) is 5.07. The van der Waals surface area contributed by atoms with Gasteiger partial charge in [-0.3, -0.25) is 4.79 Å². The van der Waals surface area contributed by atoms with E-state index in [0.29, 0.717) is 12.3 Å². The number of carbonyl (C=O) groups is 1. The van der Waals surface area contributed by atoms with Crippen LogP contribution >= 0.6 is 27.7 Å². The molecule has 0 unspecified atom stereocenters. The summed E-state index contributed by atoms with van der Waals surface area (Å²) in [5, 5.41) is 0. The van der Waals surface area contributed by atoms with Gasteiger partial charge in [-0.1, -0.05) is 15.9 Å². The van der Waals surface area contributed by atoms with E-state index in [2.05, 4.69) is 15.9 Å². The lowest BCUT2D eigenvalue weighted by Gasteiger charge is -2.19. The lowest BCUT2D eigenvalue weighted by Crippen LogP contribution is -2.28. The van der Waals surface area contributed by atoms with Crippen molar-refractivity contribution in [1.29, 1.82) is 0 Å². The van der Waals surface area contributed by atoms with Gasteiger partial charge in [0.25, 0.3) is 0 Å². The molecule has 2 rings (SSSR count). The minimum atomic E-state index is 0.0675. The molecule has 0 atom stereocenters. The van der Waals surface area contributed by atoms with Crippen LogP contribution in [-0.2, 0) is 11.3 Å². The molecule has 128 valence electrons. The minimum Gasteiger partial charge on any atom is -0.497 e. The first kappa shape index (κ1) is 18.7. The van der Waals surface area contributed by atoms with Crippen LogP contribution in [-0.4, -0.2) is 37.8 Å². The summed E-state index contributed by atoms with van der Waals surface area (Å²) in [4.78, 5) is 15.1. The van der Waals surface area contributed by atoms with Gasteiger partial charge in [-0.25, -0.2) is 0 Å². The number of nitrogens with zero attached hydrogens (tertiary/aromatic N) is 1. The molecule has 4 nitrogen and oxygen atoms in total. The van der Waals surface area contributed by atoms with E-state index in [1.165, 1.54) is 11.8 Å². The first-order valence-corrected chi connectivity index (χ1v) is 9.14. The molecule has 0 aliphatic carbocycles. The molecule has 24 heavy (non-hydrogen) atoms. The Bertz CT molecular complexity index is 691. The molecule has 2 aromatic rings. The summed E-state index contributed by atoms with van der Waals surface area (Å²) >= 11 is 4.96. The zero-order chi connectivity index (χ0) is 17.5. The molecule has 1 amide bonds. The molecule has 0 bridgehead atoms. The fourth-order valence-corrected chi connectivity index (χ4v) is 3.39. The number of carbonyl (C=O) groups excluding carboxylic acids is 1. The van der Waals surface area contributed by atoms with Crippen LogP contribution in [0, 0.1) is 0 Å². The number of halogens is 1. The lowest BCUT2D eigenvalue weighted by molar-refractivity contribution is -0.127. The van der Waals surface area contributed by atoms with Crippen LogP contribution in [0.1, 0.15) is 5.56 Å². The van der Waals surface area contributed by atoms with Crippen LogP contribution in [0.25, 0.3) is 0 Å². The number of methoxy groups -OCH3 is 2. The number of hydrogen-bond donors (Lipinski definition) is 0. The Kier molecular flexibility index (Phi) is 6.99. The molecule has 0 aliphatic heterocycles. The van der Waals surface area contributed by atoms with E-state index in [0.717, 1.165) is 26.4 Å². The summed E-state index contributed by atoms with van der Waals surface area (Å²) in [6.45, 7) is 0.505. The Morgan fingerprint density at radius 3 is 2.46 bits per heavy atom. The van der Waals surface area contributed by atoms with Crippen molar-refractivity contribution in [2.24, 2.45) is 0 Å². The van der Waals surface area contributed by atoms with Crippen LogP contribution in [0.4, 0.5) is 0 Å². The quantitative estimate of drug-likeness (QED) is 0.641. The molecule has 0 spiro atoms. The monoisotopic (exact) mass is 409 g/mol. The maximum atomic E-state index is 12.4. The smallest absolute Gasteiger partial charge is 0.232 e. The van der Waals surface area contributed by atoms with Crippen molar-refractivity contribution in [1.82, 2.24) is 4.90 Å². The highest BCUT2D eigenvalue weighted by Crippen LogP contribution is 2.25. The summed E-state index contributed by atoms with van der Waals surface area (Å²) in [6, 6.07) is 13.5. The fraction of sp³-hybridized carbons (Fsp3) is 0.278. The zero-order valence-corrected chi connectivity index (χ0v) is 16.3. The third kappa shape index (κ3) is 5.18. The molecule has 6 heteroatoms. The number of hydrogen-bond acceptors (Lipinski definition) is 4. The van der Waals surface area contributed by atoms with Crippen molar-refractivity contribution < 1.29 is 14.3 Å². The van der Waals surface area contributed by atoms with Gasteiger partial charge in [0.05, 0.1) is 20.0 Å². The van der Waals surface area contributed by atoms with E-state index < -0.39 is 0 Å². The van der Waals surface area contributed by atoms with Gasteiger partial charge >= 0.3 is 0 Å². The summed E-state index contributed by atoms with van der Waals surface area (Å²) < 4.78 is 11.5. The Morgan fingerprint density at radius 2 is 1.83 bits per heavy atom. The largest absolute Gasteiger partial charge is 0.497 e. The topological polar surface area (TPSA) is 38.8 Å². The van der Waals surface area contributed by atoms with E-state index in [4.69, 9.17) is 9.47 Å². The maximum absolute atomic E-state index is 12.4. The van der Waals surface area contributed by atoms with Gasteiger partial charge in [-0.15, -0.1) is 11.8 Å². The van der Waals surface area contributed by atoms with Crippen LogP contribution in [0.2, 0.25) is 0 Å². The maximum Gasteiger partial charge on any atom is 0.232 e. The second-order valence-corrected chi connectivity index (χ2v) is 7.13. The molecular weight excluding hydrogens is 390 g/mol. The van der Waals surface area contributed by atoms with E-state index in [9.17, 15) is 4.79 Å². The van der Waals surface area contributed by atoms with Gasteiger partial charge in [-0.2, -0.15) is 0 Å². The van der Waals surface area contributed by atoms with E-state index >= 15 is 0 Å². The highest BCUT2D eigenvalue weighted by molar-refractivity contribution is 9.10. The van der Waals surface area contributed by atoms with Gasteiger partial charge in [0.1, 0.15) is 11.5 Å². The first-order valence-electron chi connectivity index (χ1n) is 7.36. The Hall–Kier alpha value is -1.66. The molecule has 0 fully saturated rings. The Morgan fingerprint density at radius 1 is 1.12 bits per heavy atom. The first-order chi connectivity index (χ1) is 11.5. The van der Waals surface area contributed by atoms with Crippen molar-refractivity contribution >= 4 is 33.6 Å². The van der Waals surface area contributed by atoms with Crippen molar-refractivity contribution in [3.63, 3.8) is 0 Å². The average Bonchev–Trinajstić information content (AvgIpc) is 2.60. The average molecular weight is 410 g/mol. The van der Waals surface area contributed by atoms with E-state index in [1.54, 1.807) is 26.2 Å². The second kappa shape index (κ2) is 8.99. The minimum absolute atomic E-state index is 0.0675. The van der Waals surface area contributed by atoms with Gasteiger partial charge < -0.3 is 14.4 Å². The highest BCUT2D eigenvalue weighted by Gasteiger charge is 2.13. The number of ether oxygens (including phenoxy) is 2. The fourth-order valence-electron chi connectivity index (χ4n) is 2.14. The molecule has 0 heterocycles. The van der Waals surface area contributed by atoms with Gasteiger partial charge in [0.15, 0.2) is 0 Å². The van der Waals surface area contributed by atoms with Crippen LogP contribution in [0.5, 0.6) is 11.5 Å². The second-order valence-electron chi connectivity index (χ2n) is 5.17.